The van der Waals surface area contributed by atoms with Crippen molar-refractivity contribution in [2.75, 3.05) is 47.5 Å². The van der Waals surface area contributed by atoms with E-state index >= 15 is 0 Å². The van der Waals surface area contributed by atoms with Gasteiger partial charge in [-0.25, -0.2) is 0 Å². The molecule has 0 saturated carbocycles. The Hall–Kier alpha value is -2.68. The minimum atomic E-state index is -0.558. The number of nitrogens with zero attached hydrogens (tertiary/aromatic N) is 2. The van der Waals surface area contributed by atoms with Crippen molar-refractivity contribution in [3.05, 3.63) is 53.1 Å². The summed E-state index contributed by atoms with van der Waals surface area (Å²) in [5, 5.41) is 11.8. The molecule has 2 aliphatic rings. The van der Waals surface area contributed by atoms with E-state index in [-0.39, 0.29) is 11.9 Å². The molecule has 200 valence electrons. The number of aliphatic hydroxyl groups excluding tert-OH is 1. The van der Waals surface area contributed by atoms with Crippen LogP contribution in [0.2, 0.25) is 0 Å². The van der Waals surface area contributed by atoms with Gasteiger partial charge < -0.3 is 24.2 Å². The molecule has 2 aliphatic heterocycles. The molecule has 7 nitrogen and oxygen atoms in total. The average molecular weight is 527 g/mol. The largest absolute Gasteiger partial charge is 0.493 e. The lowest BCUT2D eigenvalue weighted by molar-refractivity contribution is -0.128. The van der Waals surface area contributed by atoms with Crippen molar-refractivity contribution < 1.29 is 24.1 Å². The summed E-state index contributed by atoms with van der Waals surface area (Å²) in [6.07, 6.45) is 5.04. The lowest BCUT2D eigenvalue weighted by atomic mass is 9.97. The number of aryl methyl sites for hydroxylation is 1. The molecule has 0 aliphatic carbocycles. The molecule has 3 atom stereocenters. The van der Waals surface area contributed by atoms with E-state index in [1.54, 1.807) is 33.5 Å². The monoisotopic (exact) mass is 526 g/mol. The number of aliphatic hydroxyl groups is 1. The predicted octanol–water partition coefficient (Wildman–Crippen LogP) is 4.42. The summed E-state index contributed by atoms with van der Waals surface area (Å²) < 4.78 is 16.2. The zero-order chi connectivity index (χ0) is 26.5. The number of carbonyl (C=O) groups is 1. The van der Waals surface area contributed by atoms with E-state index in [0.29, 0.717) is 35.6 Å². The smallest absolute Gasteiger partial charge is 0.246 e. The summed E-state index contributed by atoms with van der Waals surface area (Å²) in [6, 6.07) is 10.0. The number of benzene rings is 2. The Balaban J connectivity index is 1.34. The molecule has 0 spiro atoms. The molecule has 37 heavy (non-hydrogen) atoms. The van der Waals surface area contributed by atoms with Gasteiger partial charge in [-0.05, 0) is 60.7 Å². The van der Waals surface area contributed by atoms with Crippen molar-refractivity contribution in [2.24, 2.45) is 0 Å². The van der Waals surface area contributed by atoms with Gasteiger partial charge >= 0.3 is 0 Å². The predicted molar refractivity (Wildman–Crippen MR) is 148 cm³/mol. The third-order valence-corrected chi connectivity index (χ3v) is 8.63. The Morgan fingerprint density at radius 1 is 1.05 bits per heavy atom. The molecule has 2 aromatic carbocycles. The normalized spacial score (nSPS) is 19.8. The molecule has 0 aromatic heterocycles. The van der Waals surface area contributed by atoms with Gasteiger partial charge in [0.1, 0.15) is 0 Å². The van der Waals surface area contributed by atoms with Crippen LogP contribution in [0.4, 0.5) is 0 Å². The minimum Gasteiger partial charge on any atom is -0.493 e. The van der Waals surface area contributed by atoms with Crippen molar-refractivity contribution in [2.45, 2.75) is 49.0 Å². The second-order valence-corrected chi connectivity index (χ2v) is 11.2. The van der Waals surface area contributed by atoms with Crippen LogP contribution < -0.4 is 14.2 Å². The van der Waals surface area contributed by atoms with Crippen LogP contribution in [-0.4, -0.2) is 79.6 Å². The van der Waals surface area contributed by atoms with Crippen LogP contribution >= 0.6 is 11.8 Å². The van der Waals surface area contributed by atoms with Crippen LogP contribution in [0.15, 0.2) is 41.3 Å². The molecular formula is C29H38N2O5S. The van der Waals surface area contributed by atoms with Crippen LogP contribution in [-0.2, 0) is 11.2 Å². The molecule has 4 rings (SSSR count). The summed E-state index contributed by atoms with van der Waals surface area (Å²) in [7, 11) is 4.70. The molecular weight excluding hydrogens is 488 g/mol. The molecule has 2 heterocycles. The van der Waals surface area contributed by atoms with Gasteiger partial charge in [0.05, 0.1) is 27.4 Å². The Kier molecular flexibility index (Phi) is 9.05. The maximum Gasteiger partial charge on any atom is 0.246 e. The second kappa shape index (κ2) is 12.2. The number of thioether (sulfide) groups is 1. The van der Waals surface area contributed by atoms with Gasteiger partial charge in [0, 0.05) is 48.4 Å². The quantitative estimate of drug-likeness (QED) is 0.511. The van der Waals surface area contributed by atoms with Crippen LogP contribution in [0.25, 0.3) is 6.08 Å². The number of amides is 1. The van der Waals surface area contributed by atoms with Crippen molar-refractivity contribution in [3.8, 4) is 17.2 Å². The standard InChI is InChI=1S/C29H38N2O5S/c1-19-6-8-22-18-23(9-10-26(22)37-19)28(33)20(2)30-12-14-31(15-13-30)27(32)11-7-21-16-24(34-3)29(36-5)25(17-21)35-4/h7,9-11,16-20,28,33H,6,8,12-15H2,1-5H3/b11-7+. The van der Waals surface area contributed by atoms with Gasteiger partial charge in [0.2, 0.25) is 11.7 Å². The lowest BCUT2D eigenvalue weighted by Crippen LogP contribution is -2.52. The first-order valence-electron chi connectivity index (χ1n) is 12.8. The molecule has 1 amide bonds. The first-order chi connectivity index (χ1) is 17.8. The van der Waals surface area contributed by atoms with E-state index in [2.05, 4.69) is 36.9 Å². The summed E-state index contributed by atoms with van der Waals surface area (Å²) in [5.74, 6) is 1.57. The number of methoxy groups -OCH3 is 3. The first-order valence-corrected chi connectivity index (χ1v) is 13.7. The third-order valence-electron chi connectivity index (χ3n) is 7.34. The van der Waals surface area contributed by atoms with Gasteiger partial charge in [-0.1, -0.05) is 19.1 Å². The Morgan fingerprint density at radius 2 is 1.73 bits per heavy atom. The van der Waals surface area contributed by atoms with Crippen molar-refractivity contribution in [1.82, 2.24) is 9.80 Å². The molecule has 1 saturated heterocycles. The third kappa shape index (κ3) is 6.25. The van der Waals surface area contributed by atoms with Crippen LogP contribution in [0.3, 0.4) is 0 Å². The Morgan fingerprint density at radius 3 is 2.35 bits per heavy atom. The van der Waals surface area contributed by atoms with E-state index in [1.807, 2.05) is 28.8 Å². The van der Waals surface area contributed by atoms with Crippen LogP contribution in [0.1, 0.15) is 43.1 Å². The van der Waals surface area contributed by atoms with Crippen LogP contribution in [0.5, 0.6) is 17.2 Å². The highest BCUT2D eigenvalue weighted by Crippen LogP contribution is 2.39. The average Bonchev–Trinajstić information content (AvgIpc) is 2.94. The summed E-state index contributed by atoms with van der Waals surface area (Å²) in [4.78, 5) is 18.3. The maximum absolute atomic E-state index is 12.9. The van der Waals surface area contributed by atoms with Crippen molar-refractivity contribution >= 4 is 23.7 Å². The number of ether oxygens (including phenoxy) is 3. The number of carbonyl (C=O) groups excluding carboxylic acids is 1. The highest BCUT2D eigenvalue weighted by atomic mass is 32.2. The molecule has 3 unspecified atom stereocenters. The van der Waals surface area contributed by atoms with Crippen molar-refractivity contribution in [3.63, 3.8) is 0 Å². The van der Waals surface area contributed by atoms with E-state index in [4.69, 9.17) is 14.2 Å². The topological polar surface area (TPSA) is 71.5 Å². The fraction of sp³-hybridized carbons (Fsp3) is 0.483. The highest BCUT2D eigenvalue weighted by molar-refractivity contribution is 8.00. The molecule has 8 heteroatoms. The number of rotatable bonds is 8. The Labute approximate surface area is 224 Å². The summed E-state index contributed by atoms with van der Waals surface area (Å²) >= 11 is 1.93. The molecule has 0 radical (unpaired) electrons. The molecule has 2 aromatic rings. The number of hydrogen-bond donors (Lipinski definition) is 1. The summed E-state index contributed by atoms with van der Waals surface area (Å²) in [5.41, 5.74) is 3.12. The van der Waals surface area contributed by atoms with E-state index in [0.717, 1.165) is 30.6 Å². The second-order valence-electron chi connectivity index (χ2n) is 9.67. The zero-order valence-electron chi connectivity index (χ0n) is 22.4. The zero-order valence-corrected chi connectivity index (χ0v) is 23.2. The fourth-order valence-electron chi connectivity index (χ4n) is 5.03. The number of hydrogen-bond acceptors (Lipinski definition) is 7. The minimum absolute atomic E-state index is 0.0276. The first kappa shape index (κ1) is 27.4. The lowest BCUT2D eigenvalue weighted by Gasteiger charge is -2.39. The van der Waals surface area contributed by atoms with E-state index < -0.39 is 6.10 Å². The van der Waals surface area contributed by atoms with E-state index in [1.165, 1.54) is 16.9 Å². The van der Waals surface area contributed by atoms with Crippen LogP contribution in [0, 0.1) is 0 Å². The van der Waals surface area contributed by atoms with Gasteiger partial charge in [-0.15, -0.1) is 11.8 Å². The van der Waals surface area contributed by atoms with Crippen molar-refractivity contribution in [1.29, 1.82) is 0 Å². The highest BCUT2D eigenvalue weighted by Gasteiger charge is 2.28. The number of fused-ring (bicyclic) bond motifs is 1. The Bertz CT molecular complexity index is 1100. The van der Waals surface area contributed by atoms with E-state index in [9.17, 15) is 9.90 Å². The number of piperazine rings is 1. The van der Waals surface area contributed by atoms with Gasteiger partial charge in [0.15, 0.2) is 11.5 Å². The SMILES string of the molecule is COc1cc(/C=C/C(=O)N2CCN(C(C)C(O)c3ccc4c(c3)CCC(C)S4)CC2)cc(OC)c1OC. The summed E-state index contributed by atoms with van der Waals surface area (Å²) in [6.45, 7) is 7.03. The fourth-order valence-corrected chi connectivity index (χ4v) is 6.15. The van der Waals surface area contributed by atoms with Gasteiger partial charge in [-0.3, -0.25) is 9.69 Å². The molecule has 1 fully saturated rings. The van der Waals surface area contributed by atoms with Gasteiger partial charge in [-0.2, -0.15) is 0 Å². The molecule has 0 bridgehead atoms. The van der Waals surface area contributed by atoms with Gasteiger partial charge in [0.25, 0.3) is 0 Å². The maximum atomic E-state index is 12.9. The molecule has 1 N–H and O–H groups in total.